The number of aromatic nitrogens is 1. The molecular formula is C16H20N2OS. The molecular weight excluding hydrogens is 268 g/mol. The van der Waals surface area contributed by atoms with Crippen LogP contribution in [0, 0.1) is 0 Å². The molecule has 0 saturated carbocycles. The molecule has 0 radical (unpaired) electrons. The van der Waals surface area contributed by atoms with Crippen LogP contribution in [0.5, 0.6) is 0 Å². The molecule has 1 aromatic carbocycles. The molecule has 1 unspecified atom stereocenters. The molecule has 106 valence electrons. The Kier molecular flexibility index (Phi) is 4.90. The van der Waals surface area contributed by atoms with E-state index in [9.17, 15) is 4.79 Å². The van der Waals surface area contributed by atoms with E-state index in [1.54, 1.807) is 0 Å². The lowest BCUT2D eigenvalue weighted by Gasteiger charge is -2.23. The molecule has 0 bridgehead atoms. The van der Waals surface area contributed by atoms with Gasteiger partial charge in [-0.1, -0.05) is 55.0 Å². The molecule has 3 nitrogen and oxygen atoms in total. The first-order chi connectivity index (χ1) is 9.67. The SMILES string of the molecule is CCCC(C)N(C)c1nc(-c2ccccc2)c(C=O)s1. The summed E-state index contributed by atoms with van der Waals surface area (Å²) in [4.78, 5) is 18.8. The summed E-state index contributed by atoms with van der Waals surface area (Å²) in [5.74, 6) is 0. The fraction of sp³-hybridized carbons (Fsp3) is 0.375. The van der Waals surface area contributed by atoms with Crippen molar-refractivity contribution in [2.24, 2.45) is 0 Å². The van der Waals surface area contributed by atoms with E-state index in [2.05, 4.69) is 23.7 Å². The molecule has 2 aromatic rings. The van der Waals surface area contributed by atoms with Crippen LogP contribution in [0.4, 0.5) is 5.13 Å². The molecule has 1 heterocycles. The van der Waals surface area contributed by atoms with Gasteiger partial charge in [-0.3, -0.25) is 4.79 Å². The van der Waals surface area contributed by atoms with E-state index in [-0.39, 0.29) is 0 Å². The Morgan fingerprint density at radius 2 is 2.05 bits per heavy atom. The molecule has 0 amide bonds. The quantitative estimate of drug-likeness (QED) is 0.745. The van der Waals surface area contributed by atoms with E-state index in [4.69, 9.17) is 0 Å². The highest BCUT2D eigenvalue weighted by Gasteiger charge is 2.17. The summed E-state index contributed by atoms with van der Waals surface area (Å²) in [6.07, 6.45) is 3.16. The second kappa shape index (κ2) is 6.66. The van der Waals surface area contributed by atoms with Crippen molar-refractivity contribution in [2.45, 2.75) is 32.7 Å². The highest BCUT2D eigenvalue weighted by atomic mass is 32.1. The number of carbonyl (C=O) groups is 1. The molecule has 0 N–H and O–H groups in total. The predicted molar refractivity (Wildman–Crippen MR) is 85.7 cm³/mol. The van der Waals surface area contributed by atoms with Crippen molar-refractivity contribution in [3.8, 4) is 11.3 Å². The van der Waals surface area contributed by atoms with E-state index in [0.29, 0.717) is 10.9 Å². The van der Waals surface area contributed by atoms with Crippen LogP contribution in [-0.2, 0) is 0 Å². The van der Waals surface area contributed by atoms with Gasteiger partial charge < -0.3 is 4.90 Å². The van der Waals surface area contributed by atoms with Crippen LogP contribution in [0.1, 0.15) is 36.4 Å². The lowest BCUT2D eigenvalue weighted by Crippen LogP contribution is -2.28. The Hall–Kier alpha value is -1.68. The van der Waals surface area contributed by atoms with Crippen molar-refractivity contribution in [3.05, 3.63) is 35.2 Å². The summed E-state index contributed by atoms with van der Waals surface area (Å²) in [5, 5.41) is 0.909. The van der Waals surface area contributed by atoms with Gasteiger partial charge in [0.15, 0.2) is 11.4 Å². The summed E-state index contributed by atoms with van der Waals surface area (Å²) < 4.78 is 0. The molecule has 0 spiro atoms. The van der Waals surface area contributed by atoms with E-state index in [0.717, 1.165) is 35.5 Å². The van der Waals surface area contributed by atoms with Gasteiger partial charge in [-0.15, -0.1) is 0 Å². The molecule has 20 heavy (non-hydrogen) atoms. The fourth-order valence-electron chi connectivity index (χ4n) is 2.15. The van der Waals surface area contributed by atoms with Gasteiger partial charge >= 0.3 is 0 Å². The van der Waals surface area contributed by atoms with Gasteiger partial charge in [0.25, 0.3) is 0 Å². The summed E-state index contributed by atoms with van der Waals surface area (Å²) in [7, 11) is 2.04. The maximum atomic E-state index is 11.3. The van der Waals surface area contributed by atoms with Gasteiger partial charge in [-0.2, -0.15) is 0 Å². The minimum atomic E-state index is 0.425. The zero-order valence-corrected chi connectivity index (χ0v) is 13.0. The van der Waals surface area contributed by atoms with E-state index in [1.165, 1.54) is 11.3 Å². The van der Waals surface area contributed by atoms with Crippen molar-refractivity contribution in [3.63, 3.8) is 0 Å². The van der Waals surface area contributed by atoms with E-state index >= 15 is 0 Å². The normalized spacial score (nSPS) is 12.2. The van der Waals surface area contributed by atoms with E-state index < -0.39 is 0 Å². The molecule has 4 heteroatoms. The molecule has 1 aromatic heterocycles. The first kappa shape index (κ1) is 14.7. The number of nitrogens with zero attached hydrogens (tertiary/aromatic N) is 2. The van der Waals surface area contributed by atoms with Crippen molar-refractivity contribution >= 4 is 22.8 Å². The zero-order chi connectivity index (χ0) is 14.5. The van der Waals surface area contributed by atoms with Crippen LogP contribution in [0.15, 0.2) is 30.3 Å². The van der Waals surface area contributed by atoms with Crippen LogP contribution in [0.2, 0.25) is 0 Å². The third-order valence-electron chi connectivity index (χ3n) is 3.47. The second-order valence-electron chi connectivity index (χ2n) is 4.94. The minimum absolute atomic E-state index is 0.425. The van der Waals surface area contributed by atoms with Crippen molar-refractivity contribution in [1.29, 1.82) is 0 Å². The van der Waals surface area contributed by atoms with Gasteiger partial charge in [0.05, 0.1) is 10.6 Å². The number of rotatable bonds is 6. The highest BCUT2D eigenvalue weighted by Crippen LogP contribution is 2.32. The number of aldehydes is 1. The monoisotopic (exact) mass is 288 g/mol. The minimum Gasteiger partial charge on any atom is -0.348 e. The van der Waals surface area contributed by atoms with Crippen molar-refractivity contribution < 1.29 is 4.79 Å². The van der Waals surface area contributed by atoms with Gasteiger partial charge in [-0.05, 0) is 13.3 Å². The van der Waals surface area contributed by atoms with Crippen LogP contribution in [0.25, 0.3) is 11.3 Å². The number of anilines is 1. The molecule has 0 aliphatic heterocycles. The Morgan fingerprint density at radius 3 is 2.65 bits per heavy atom. The van der Waals surface area contributed by atoms with Gasteiger partial charge in [0.1, 0.15) is 0 Å². The molecule has 0 saturated heterocycles. The molecule has 2 rings (SSSR count). The summed E-state index contributed by atoms with van der Waals surface area (Å²) in [6.45, 7) is 4.37. The average molecular weight is 288 g/mol. The summed E-state index contributed by atoms with van der Waals surface area (Å²) in [6, 6.07) is 10.3. The van der Waals surface area contributed by atoms with E-state index in [1.807, 2.05) is 37.4 Å². The Morgan fingerprint density at radius 1 is 1.35 bits per heavy atom. The molecule has 0 fully saturated rings. The third-order valence-corrected chi connectivity index (χ3v) is 4.54. The molecule has 0 aliphatic rings. The molecule has 1 atom stereocenters. The van der Waals surface area contributed by atoms with Gasteiger partial charge in [0, 0.05) is 18.7 Å². The zero-order valence-electron chi connectivity index (χ0n) is 12.2. The second-order valence-corrected chi connectivity index (χ2v) is 5.95. The third kappa shape index (κ3) is 3.07. The first-order valence-corrected chi connectivity index (χ1v) is 7.73. The van der Waals surface area contributed by atoms with Crippen LogP contribution in [-0.4, -0.2) is 24.4 Å². The summed E-state index contributed by atoms with van der Waals surface area (Å²) >= 11 is 1.46. The predicted octanol–water partition coefficient (Wildman–Crippen LogP) is 4.25. The fourth-order valence-corrected chi connectivity index (χ4v) is 3.12. The number of benzene rings is 1. The Labute approximate surface area is 124 Å². The summed E-state index contributed by atoms with van der Waals surface area (Å²) in [5.41, 5.74) is 1.78. The topological polar surface area (TPSA) is 33.2 Å². The van der Waals surface area contributed by atoms with Crippen LogP contribution >= 0.6 is 11.3 Å². The van der Waals surface area contributed by atoms with Gasteiger partial charge in [-0.25, -0.2) is 4.98 Å². The van der Waals surface area contributed by atoms with Crippen molar-refractivity contribution in [2.75, 3.05) is 11.9 Å². The lowest BCUT2D eigenvalue weighted by molar-refractivity contribution is 0.112. The largest absolute Gasteiger partial charge is 0.348 e. The number of carbonyl (C=O) groups excluding carboxylic acids is 1. The average Bonchev–Trinajstić information content (AvgIpc) is 2.91. The standard InChI is InChI=1S/C16H20N2OS/c1-4-8-12(2)18(3)16-17-15(14(11-19)20-16)13-9-6-5-7-10-13/h5-7,9-12H,4,8H2,1-3H3. The molecule has 0 aliphatic carbocycles. The van der Waals surface area contributed by atoms with Gasteiger partial charge in [0.2, 0.25) is 0 Å². The van der Waals surface area contributed by atoms with Crippen LogP contribution < -0.4 is 4.90 Å². The highest BCUT2D eigenvalue weighted by molar-refractivity contribution is 7.17. The lowest BCUT2D eigenvalue weighted by atomic mass is 10.1. The smallest absolute Gasteiger partial charge is 0.186 e. The number of hydrogen-bond donors (Lipinski definition) is 0. The number of thiazole rings is 1. The Bertz CT molecular complexity index is 565. The van der Waals surface area contributed by atoms with Crippen LogP contribution in [0.3, 0.4) is 0 Å². The maximum Gasteiger partial charge on any atom is 0.186 e. The first-order valence-electron chi connectivity index (χ1n) is 6.91. The number of hydrogen-bond acceptors (Lipinski definition) is 4. The Balaban J connectivity index is 2.34. The maximum absolute atomic E-state index is 11.3. The van der Waals surface area contributed by atoms with Crippen molar-refractivity contribution in [1.82, 2.24) is 4.98 Å².